The zero-order valence-electron chi connectivity index (χ0n) is 19.9. The molecule has 0 aromatic heterocycles. The van der Waals surface area contributed by atoms with E-state index in [9.17, 15) is 27.6 Å². The number of carbonyl (C=O) groups is 3. The van der Waals surface area contributed by atoms with E-state index in [-0.39, 0.29) is 32.0 Å². The molecular weight excluding hydrogens is 511 g/mol. The number of para-hydroxylation sites is 1. The van der Waals surface area contributed by atoms with E-state index in [0.29, 0.717) is 42.6 Å². The Morgan fingerprint density at radius 3 is 2.46 bits per heavy atom. The fourth-order valence-electron chi connectivity index (χ4n) is 4.48. The monoisotopic (exact) mass is 537 g/mol. The third kappa shape index (κ3) is 6.72. The molecule has 0 aliphatic carbocycles. The van der Waals surface area contributed by atoms with Crippen LogP contribution in [0, 0.1) is 0 Å². The number of hydrogen-bond acceptors (Lipinski definition) is 5. The summed E-state index contributed by atoms with van der Waals surface area (Å²) in [6, 6.07) is 11.0. The molecule has 2 heterocycles. The lowest BCUT2D eigenvalue weighted by molar-refractivity contribution is -0.145. The lowest BCUT2D eigenvalue weighted by Gasteiger charge is -2.39. The van der Waals surface area contributed by atoms with Crippen molar-refractivity contribution in [3.8, 4) is 0 Å². The SMILES string of the molecule is O=C(C[C@@H]1C(=O)NCCN1C(=O)CN1CCN(c2cccc(C(F)(F)F)c2)CC1)Nc1ccccc1Cl. The van der Waals surface area contributed by atoms with Crippen LogP contribution in [-0.2, 0) is 20.6 Å². The van der Waals surface area contributed by atoms with Gasteiger partial charge in [-0.3, -0.25) is 19.3 Å². The van der Waals surface area contributed by atoms with Gasteiger partial charge in [0.1, 0.15) is 6.04 Å². The molecule has 2 fully saturated rings. The number of hydrogen-bond donors (Lipinski definition) is 2. The largest absolute Gasteiger partial charge is 0.416 e. The second-order valence-electron chi connectivity index (χ2n) is 8.94. The van der Waals surface area contributed by atoms with Crippen molar-refractivity contribution in [2.24, 2.45) is 0 Å². The summed E-state index contributed by atoms with van der Waals surface area (Å²) in [4.78, 5) is 43.5. The van der Waals surface area contributed by atoms with Crippen LogP contribution in [0.4, 0.5) is 24.5 Å². The summed E-state index contributed by atoms with van der Waals surface area (Å²) in [5.41, 5.74) is 0.204. The number of anilines is 2. The lowest BCUT2D eigenvalue weighted by atomic mass is 10.1. The van der Waals surface area contributed by atoms with Crippen LogP contribution in [0.3, 0.4) is 0 Å². The van der Waals surface area contributed by atoms with Gasteiger partial charge >= 0.3 is 6.18 Å². The molecule has 8 nitrogen and oxygen atoms in total. The highest BCUT2D eigenvalue weighted by Gasteiger charge is 2.36. The molecule has 2 aliphatic rings. The molecule has 2 aromatic carbocycles. The normalized spacial score (nSPS) is 18.9. The second-order valence-corrected chi connectivity index (χ2v) is 9.34. The minimum atomic E-state index is -4.41. The van der Waals surface area contributed by atoms with Crippen molar-refractivity contribution in [1.82, 2.24) is 15.1 Å². The first-order chi connectivity index (χ1) is 17.6. The maximum atomic E-state index is 13.1. The predicted octanol–water partition coefficient (Wildman–Crippen LogP) is 2.84. The predicted molar refractivity (Wildman–Crippen MR) is 133 cm³/mol. The quantitative estimate of drug-likeness (QED) is 0.592. The highest BCUT2D eigenvalue weighted by atomic mass is 35.5. The summed E-state index contributed by atoms with van der Waals surface area (Å²) < 4.78 is 39.2. The molecule has 0 bridgehead atoms. The number of nitrogens with zero attached hydrogens (tertiary/aromatic N) is 3. The summed E-state index contributed by atoms with van der Waals surface area (Å²) in [5, 5.41) is 5.74. The number of alkyl halides is 3. The standard InChI is InChI=1S/C25H27ClF3N5O3/c26-19-6-1-2-7-20(19)31-22(35)15-21-24(37)30-8-9-34(21)23(36)16-32-10-12-33(13-11-32)18-5-3-4-17(14-18)25(27,28)29/h1-7,14,21H,8-13,15-16H2,(H,30,37)(H,31,35)/t21-/m1/s1. The first kappa shape index (κ1) is 26.7. The maximum Gasteiger partial charge on any atom is 0.416 e. The Bertz CT molecular complexity index is 1150. The molecule has 2 saturated heterocycles. The van der Waals surface area contributed by atoms with Gasteiger partial charge in [0, 0.05) is 45.0 Å². The fraction of sp³-hybridized carbons (Fsp3) is 0.400. The Labute approximate surface area is 217 Å². The van der Waals surface area contributed by atoms with Gasteiger partial charge in [-0.15, -0.1) is 0 Å². The van der Waals surface area contributed by atoms with Crippen LogP contribution in [-0.4, -0.2) is 79.4 Å². The summed E-state index contributed by atoms with van der Waals surface area (Å²) in [6.07, 6.45) is -4.63. The lowest BCUT2D eigenvalue weighted by Crippen LogP contribution is -2.60. The van der Waals surface area contributed by atoms with Crippen molar-refractivity contribution in [1.29, 1.82) is 0 Å². The molecule has 4 rings (SSSR count). The van der Waals surface area contributed by atoms with Gasteiger partial charge in [-0.25, -0.2) is 0 Å². The average Bonchev–Trinajstić information content (AvgIpc) is 2.86. The molecule has 0 unspecified atom stereocenters. The molecule has 2 aromatic rings. The van der Waals surface area contributed by atoms with Crippen molar-refractivity contribution in [3.05, 3.63) is 59.1 Å². The number of amides is 3. The van der Waals surface area contributed by atoms with E-state index in [4.69, 9.17) is 11.6 Å². The highest BCUT2D eigenvalue weighted by Crippen LogP contribution is 2.32. The minimum Gasteiger partial charge on any atom is -0.369 e. The van der Waals surface area contributed by atoms with E-state index in [1.54, 1.807) is 30.3 Å². The molecule has 0 spiro atoms. The van der Waals surface area contributed by atoms with Crippen LogP contribution in [0.2, 0.25) is 5.02 Å². The maximum absolute atomic E-state index is 13.1. The topological polar surface area (TPSA) is 85.0 Å². The fourth-order valence-corrected chi connectivity index (χ4v) is 4.66. The number of carbonyl (C=O) groups excluding carboxylic acids is 3. The Balaban J connectivity index is 1.33. The van der Waals surface area contributed by atoms with E-state index >= 15 is 0 Å². The van der Waals surface area contributed by atoms with Crippen molar-refractivity contribution in [3.63, 3.8) is 0 Å². The third-order valence-electron chi connectivity index (χ3n) is 6.45. The average molecular weight is 538 g/mol. The zero-order chi connectivity index (χ0) is 26.6. The van der Waals surface area contributed by atoms with E-state index in [1.807, 2.05) is 9.80 Å². The van der Waals surface area contributed by atoms with E-state index in [1.165, 1.54) is 11.0 Å². The van der Waals surface area contributed by atoms with Gasteiger partial charge in [-0.05, 0) is 30.3 Å². The van der Waals surface area contributed by atoms with Crippen molar-refractivity contribution >= 4 is 40.7 Å². The van der Waals surface area contributed by atoms with Crippen LogP contribution < -0.4 is 15.5 Å². The van der Waals surface area contributed by atoms with Crippen LogP contribution in [0.5, 0.6) is 0 Å². The van der Waals surface area contributed by atoms with Gasteiger partial charge in [0.2, 0.25) is 17.7 Å². The summed E-state index contributed by atoms with van der Waals surface area (Å²) in [7, 11) is 0. The molecule has 37 heavy (non-hydrogen) atoms. The van der Waals surface area contributed by atoms with Gasteiger partial charge < -0.3 is 20.4 Å². The summed E-state index contributed by atoms with van der Waals surface area (Å²) in [6.45, 7) is 2.47. The molecular formula is C25H27ClF3N5O3. The second kappa shape index (κ2) is 11.4. The smallest absolute Gasteiger partial charge is 0.369 e. The Hall–Kier alpha value is -3.31. The van der Waals surface area contributed by atoms with Gasteiger partial charge in [-0.1, -0.05) is 29.8 Å². The van der Waals surface area contributed by atoms with Crippen LogP contribution in [0.15, 0.2) is 48.5 Å². The van der Waals surface area contributed by atoms with Gasteiger partial charge in [0.15, 0.2) is 0 Å². The zero-order valence-corrected chi connectivity index (χ0v) is 20.7. The molecule has 2 N–H and O–H groups in total. The molecule has 12 heteroatoms. The number of rotatable bonds is 6. The van der Waals surface area contributed by atoms with Gasteiger partial charge in [-0.2, -0.15) is 13.2 Å². The van der Waals surface area contributed by atoms with E-state index in [0.717, 1.165) is 12.1 Å². The van der Waals surface area contributed by atoms with E-state index in [2.05, 4.69) is 10.6 Å². The van der Waals surface area contributed by atoms with Crippen molar-refractivity contribution < 1.29 is 27.6 Å². The molecule has 0 saturated carbocycles. The number of benzene rings is 2. The Morgan fingerprint density at radius 1 is 1.03 bits per heavy atom. The van der Waals surface area contributed by atoms with Crippen LogP contribution in [0.25, 0.3) is 0 Å². The van der Waals surface area contributed by atoms with E-state index < -0.39 is 29.6 Å². The number of nitrogens with one attached hydrogen (secondary N) is 2. The molecule has 198 valence electrons. The van der Waals surface area contributed by atoms with Crippen molar-refractivity contribution in [2.45, 2.75) is 18.6 Å². The first-order valence-corrected chi connectivity index (χ1v) is 12.3. The Morgan fingerprint density at radius 2 is 1.76 bits per heavy atom. The molecule has 1 atom stereocenters. The summed E-state index contributed by atoms with van der Waals surface area (Å²) >= 11 is 6.09. The number of halogens is 4. The minimum absolute atomic E-state index is 0.0480. The molecule has 0 radical (unpaired) electrons. The third-order valence-corrected chi connectivity index (χ3v) is 6.78. The molecule has 2 aliphatic heterocycles. The molecule has 3 amide bonds. The highest BCUT2D eigenvalue weighted by molar-refractivity contribution is 6.33. The Kier molecular flexibility index (Phi) is 8.23. The first-order valence-electron chi connectivity index (χ1n) is 11.9. The van der Waals surface area contributed by atoms with Gasteiger partial charge in [0.25, 0.3) is 0 Å². The van der Waals surface area contributed by atoms with Crippen LogP contribution >= 0.6 is 11.6 Å². The van der Waals surface area contributed by atoms with Gasteiger partial charge in [0.05, 0.1) is 29.2 Å². The summed E-state index contributed by atoms with van der Waals surface area (Å²) in [5.74, 6) is -1.12. The van der Waals surface area contributed by atoms with Crippen LogP contribution in [0.1, 0.15) is 12.0 Å². The number of piperazine rings is 2. The van der Waals surface area contributed by atoms with Crippen molar-refractivity contribution in [2.75, 3.05) is 56.0 Å².